The van der Waals surface area contributed by atoms with Crippen molar-refractivity contribution in [2.45, 2.75) is 6.92 Å². The molecule has 0 fully saturated rings. The molecule has 82 valence electrons. The summed E-state index contributed by atoms with van der Waals surface area (Å²) >= 11 is 3.34. The second-order valence-electron chi connectivity index (χ2n) is 3.28. The van der Waals surface area contributed by atoms with Gasteiger partial charge in [-0.3, -0.25) is 4.79 Å². The molecule has 16 heavy (non-hydrogen) atoms. The monoisotopic (exact) mass is 280 g/mol. The minimum Gasteiger partial charge on any atom is -0.472 e. The normalized spacial score (nSPS) is 10.1. The number of hydrogen-bond acceptors (Lipinski definition) is 3. The van der Waals surface area contributed by atoms with Gasteiger partial charge in [-0.2, -0.15) is 0 Å². The SMILES string of the molecule is Cc1cc(NC(=O)c2ccoc2)ncc1Br. The highest BCUT2D eigenvalue weighted by atomic mass is 79.9. The van der Waals surface area contributed by atoms with Gasteiger partial charge in [0.25, 0.3) is 5.91 Å². The summed E-state index contributed by atoms with van der Waals surface area (Å²) in [4.78, 5) is 15.7. The van der Waals surface area contributed by atoms with Crippen molar-refractivity contribution in [1.82, 2.24) is 4.98 Å². The molecule has 0 radical (unpaired) electrons. The van der Waals surface area contributed by atoms with Crippen molar-refractivity contribution in [1.29, 1.82) is 0 Å². The fraction of sp³-hybridized carbons (Fsp3) is 0.0909. The number of aryl methyl sites for hydroxylation is 1. The third-order valence-electron chi connectivity index (χ3n) is 2.07. The molecule has 4 nitrogen and oxygen atoms in total. The van der Waals surface area contributed by atoms with E-state index in [1.165, 1.54) is 12.5 Å². The topological polar surface area (TPSA) is 55.1 Å². The van der Waals surface area contributed by atoms with E-state index in [2.05, 4.69) is 26.2 Å². The Morgan fingerprint density at radius 2 is 2.38 bits per heavy atom. The predicted octanol–water partition coefficient (Wildman–Crippen LogP) is 3.00. The highest BCUT2D eigenvalue weighted by Gasteiger charge is 2.08. The van der Waals surface area contributed by atoms with Gasteiger partial charge < -0.3 is 9.73 Å². The first-order valence-corrected chi connectivity index (χ1v) is 5.42. The van der Waals surface area contributed by atoms with Crippen LogP contribution in [0.3, 0.4) is 0 Å². The number of nitrogens with one attached hydrogen (secondary N) is 1. The third-order valence-corrected chi connectivity index (χ3v) is 2.90. The number of rotatable bonds is 2. The summed E-state index contributed by atoms with van der Waals surface area (Å²) in [5, 5.41) is 2.68. The van der Waals surface area contributed by atoms with Gasteiger partial charge in [0.1, 0.15) is 12.1 Å². The van der Waals surface area contributed by atoms with Crippen molar-refractivity contribution < 1.29 is 9.21 Å². The van der Waals surface area contributed by atoms with Crippen molar-refractivity contribution in [3.05, 3.63) is 46.5 Å². The van der Waals surface area contributed by atoms with Crippen LogP contribution in [0.4, 0.5) is 5.82 Å². The Morgan fingerprint density at radius 3 is 3.00 bits per heavy atom. The molecule has 0 aromatic carbocycles. The minimum atomic E-state index is -0.233. The molecule has 0 bridgehead atoms. The molecule has 2 heterocycles. The molecule has 2 rings (SSSR count). The maximum Gasteiger partial charge on any atom is 0.260 e. The van der Waals surface area contributed by atoms with Gasteiger partial charge in [0, 0.05) is 10.7 Å². The summed E-state index contributed by atoms with van der Waals surface area (Å²) in [7, 11) is 0. The van der Waals surface area contributed by atoms with Gasteiger partial charge >= 0.3 is 0 Å². The highest BCUT2D eigenvalue weighted by molar-refractivity contribution is 9.10. The molecule has 5 heteroatoms. The maximum absolute atomic E-state index is 11.6. The van der Waals surface area contributed by atoms with Crippen LogP contribution in [0.1, 0.15) is 15.9 Å². The molecular formula is C11H9BrN2O2. The van der Waals surface area contributed by atoms with Gasteiger partial charge in [0.2, 0.25) is 0 Å². The highest BCUT2D eigenvalue weighted by Crippen LogP contribution is 2.17. The smallest absolute Gasteiger partial charge is 0.260 e. The second-order valence-corrected chi connectivity index (χ2v) is 4.14. The first kappa shape index (κ1) is 10.9. The van der Waals surface area contributed by atoms with Crippen molar-refractivity contribution in [2.75, 3.05) is 5.32 Å². The van der Waals surface area contributed by atoms with Crippen LogP contribution in [-0.4, -0.2) is 10.9 Å². The van der Waals surface area contributed by atoms with E-state index in [4.69, 9.17) is 4.42 Å². The van der Waals surface area contributed by atoms with Crippen LogP contribution in [-0.2, 0) is 0 Å². The molecular weight excluding hydrogens is 272 g/mol. The number of pyridine rings is 1. The van der Waals surface area contributed by atoms with Crippen molar-refractivity contribution in [3.8, 4) is 0 Å². The summed E-state index contributed by atoms with van der Waals surface area (Å²) < 4.78 is 5.74. The first-order chi connectivity index (χ1) is 7.66. The number of amides is 1. The van der Waals surface area contributed by atoms with Crippen LogP contribution in [0, 0.1) is 6.92 Å². The molecule has 2 aromatic rings. The van der Waals surface area contributed by atoms with E-state index in [1.807, 2.05) is 6.92 Å². The molecule has 0 saturated carbocycles. The number of carbonyl (C=O) groups is 1. The number of anilines is 1. The first-order valence-electron chi connectivity index (χ1n) is 4.62. The van der Waals surface area contributed by atoms with Crippen LogP contribution in [0.25, 0.3) is 0 Å². The lowest BCUT2D eigenvalue weighted by Crippen LogP contribution is -2.12. The second kappa shape index (κ2) is 4.49. The zero-order chi connectivity index (χ0) is 11.5. The van der Waals surface area contributed by atoms with Crippen LogP contribution in [0.2, 0.25) is 0 Å². The zero-order valence-electron chi connectivity index (χ0n) is 8.53. The molecule has 1 N–H and O–H groups in total. The Balaban J connectivity index is 2.15. The average molecular weight is 281 g/mol. The van der Waals surface area contributed by atoms with Crippen LogP contribution >= 0.6 is 15.9 Å². The van der Waals surface area contributed by atoms with Crippen molar-refractivity contribution in [3.63, 3.8) is 0 Å². The largest absolute Gasteiger partial charge is 0.472 e. The zero-order valence-corrected chi connectivity index (χ0v) is 10.1. The molecule has 0 aliphatic heterocycles. The van der Waals surface area contributed by atoms with E-state index in [1.54, 1.807) is 18.3 Å². The lowest BCUT2D eigenvalue weighted by atomic mass is 10.3. The number of hydrogen-bond donors (Lipinski definition) is 1. The summed E-state index contributed by atoms with van der Waals surface area (Å²) in [5.41, 5.74) is 1.49. The molecule has 0 unspecified atom stereocenters. The van der Waals surface area contributed by atoms with E-state index in [9.17, 15) is 4.79 Å². The van der Waals surface area contributed by atoms with Gasteiger partial charge in [-0.25, -0.2) is 4.98 Å². The quantitative estimate of drug-likeness (QED) is 0.920. The summed E-state index contributed by atoms with van der Waals surface area (Å²) in [6, 6.07) is 3.39. The van der Waals surface area contributed by atoms with Gasteiger partial charge in [-0.05, 0) is 40.5 Å². The predicted molar refractivity (Wildman–Crippen MR) is 63.3 cm³/mol. The summed E-state index contributed by atoms with van der Waals surface area (Å²) in [5.74, 6) is 0.287. The maximum atomic E-state index is 11.6. The summed E-state index contributed by atoms with van der Waals surface area (Å²) in [6.07, 6.45) is 4.50. The van der Waals surface area contributed by atoms with E-state index in [0.29, 0.717) is 11.4 Å². The molecule has 0 spiro atoms. The molecule has 0 atom stereocenters. The molecule has 1 amide bonds. The van der Waals surface area contributed by atoms with Crippen LogP contribution in [0.15, 0.2) is 39.7 Å². The van der Waals surface area contributed by atoms with Gasteiger partial charge in [-0.1, -0.05) is 0 Å². The molecule has 0 aliphatic rings. The Morgan fingerprint density at radius 1 is 1.56 bits per heavy atom. The van der Waals surface area contributed by atoms with E-state index < -0.39 is 0 Å². The van der Waals surface area contributed by atoms with Crippen LogP contribution in [0.5, 0.6) is 0 Å². The van der Waals surface area contributed by atoms with E-state index >= 15 is 0 Å². The minimum absolute atomic E-state index is 0.233. The lowest BCUT2D eigenvalue weighted by Gasteiger charge is -2.04. The number of halogens is 1. The lowest BCUT2D eigenvalue weighted by molar-refractivity contribution is 0.102. The van der Waals surface area contributed by atoms with Gasteiger partial charge in [-0.15, -0.1) is 0 Å². The molecule has 0 aliphatic carbocycles. The number of aromatic nitrogens is 1. The number of nitrogens with zero attached hydrogens (tertiary/aromatic N) is 1. The Labute approximate surface area is 101 Å². The Hall–Kier alpha value is -1.62. The molecule has 2 aromatic heterocycles. The van der Waals surface area contributed by atoms with Gasteiger partial charge in [0.15, 0.2) is 0 Å². The Kier molecular flexibility index (Phi) is 3.05. The fourth-order valence-corrected chi connectivity index (χ4v) is 1.41. The van der Waals surface area contributed by atoms with E-state index in [-0.39, 0.29) is 5.91 Å². The average Bonchev–Trinajstić information content (AvgIpc) is 2.77. The third kappa shape index (κ3) is 2.30. The summed E-state index contributed by atoms with van der Waals surface area (Å²) in [6.45, 7) is 1.93. The van der Waals surface area contributed by atoms with E-state index in [0.717, 1.165) is 10.0 Å². The molecule has 0 saturated heterocycles. The van der Waals surface area contributed by atoms with Gasteiger partial charge in [0.05, 0.1) is 11.8 Å². The Bertz CT molecular complexity index is 509. The standard InChI is InChI=1S/C11H9BrN2O2/c1-7-4-10(13-5-9(7)12)14-11(15)8-2-3-16-6-8/h2-6H,1H3,(H,13,14,15). The van der Waals surface area contributed by atoms with Crippen molar-refractivity contribution in [2.24, 2.45) is 0 Å². The number of furan rings is 1. The van der Waals surface area contributed by atoms with Crippen LogP contribution < -0.4 is 5.32 Å². The number of carbonyl (C=O) groups excluding carboxylic acids is 1. The van der Waals surface area contributed by atoms with Crippen molar-refractivity contribution >= 4 is 27.7 Å². The fourth-order valence-electron chi connectivity index (χ4n) is 1.19.